The van der Waals surface area contributed by atoms with Crippen molar-refractivity contribution >= 4 is 23.3 Å². The van der Waals surface area contributed by atoms with E-state index in [4.69, 9.17) is 0 Å². The summed E-state index contributed by atoms with van der Waals surface area (Å²) in [6, 6.07) is 10.2. The first-order valence-corrected chi connectivity index (χ1v) is 7.50. The summed E-state index contributed by atoms with van der Waals surface area (Å²) < 4.78 is 0. The van der Waals surface area contributed by atoms with Gasteiger partial charge in [0.2, 0.25) is 0 Å². The Labute approximate surface area is 118 Å². The van der Waals surface area contributed by atoms with Crippen molar-refractivity contribution < 1.29 is 0 Å². The lowest BCUT2D eigenvalue weighted by molar-refractivity contribution is 0.895. The normalized spacial score (nSPS) is 10.2. The summed E-state index contributed by atoms with van der Waals surface area (Å²) in [5.74, 6) is 0.839. The summed E-state index contributed by atoms with van der Waals surface area (Å²) >= 11 is 1.60. The molecule has 4 nitrogen and oxygen atoms in total. The first kappa shape index (κ1) is 13.7. The lowest BCUT2D eigenvalue weighted by Crippen LogP contribution is -2.10. The fourth-order valence-corrected chi connectivity index (χ4v) is 1.98. The van der Waals surface area contributed by atoms with Crippen LogP contribution in [0.1, 0.15) is 6.42 Å². The Bertz CT molecular complexity index is 490. The van der Waals surface area contributed by atoms with Gasteiger partial charge in [-0.2, -0.15) is 0 Å². The third-order valence-corrected chi connectivity index (χ3v) is 3.20. The fraction of sp³-hybridized carbons (Fsp3) is 0.286. The zero-order valence-electron chi connectivity index (χ0n) is 11.0. The number of thioether (sulfide) groups is 1. The summed E-state index contributed by atoms with van der Waals surface area (Å²) in [7, 11) is 0. The van der Waals surface area contributed by atoms with Crippen LogP contribution in [-0.4, -0.2) is 29.3 Å². The quantitative estimate of drug-likeness (QED) is 0.600. The SMILES string of the molecule is CSc1cncc(NCCCNc2ccccc2)n1. The van der Waals surface area contributed by atoms with Gasteiger partial charge in [0.25, 0.3) is 0 Å². The maximum absolute atomic E-state index is 4.42. The van der Waals surface area contributed by atoms with E-state index in [1.54, 1.807) is 24.2 Å². The lowest BCUT2D eigenvalue weighted by atomic mass is 10.3. The number of benzene rings is 1. The second-order valence-electron chi connectivity index (χ2n) is 4.02. The molecule has 0 atom stereocenters. The molecule has 19 heavy (non-hydrogen) atoms. The topological polar surface area (TPSA) is 49.8 Å². The van der Waals surface area contributed by atoms with Gasteiger partial charge in [-0.25, -0.2) is 4.98 Å². The molecule has 0 bridgehead atoms. The van der Waals surface area contributed by atoms with Crippen molar-refractivity contribution in [2.45, 2.75) is 11.4 Å². The third kappa shape index (κ3) is 4.79. The molecule has 2 aromatic rings. The Balaban J connectivity index is 1.66. The van der Waals surface area contributed by atoms with Crippen LogP contribution in [0.5, 0.6) is 0 Å². The number of nitrogens with zero attached hydrogens (tertiary/aromatic N) is 2. The summed E-state index contributed by atoms with van der Waals surface area (Å²) in [6.07, 6.45) is 6.55. The lowest BCUT2D eigenvalue weighted by Gasteiger charge is -2.08. The van der Waals surface area contributed by atoms with E-state index in [-0.39, 0.29) is 0 Å². The average Bonchev–Trinajstić information content (AvgIpc) is 2.48. The van der Waals surface area contributed by atoms with E-state index in [2.05, 4.69) is 32.7 Å². The standard InChI is InChI=1S/C14H18N4S/c1-19-14-11-15-10-13(18-14)17-9-5-8-16-12-6-3-2-4-7-12/h2-4,6-7,10-11,16H,5,8-9H2,1H3,(H,17,18). The Hall–Kier alpha value is -1.75. The Morgan fingerprint density at radius 1 is 1.05 bits per heavy atom. The smallest absolute Gasteiger partial charge is 0.145 e. The predicted molar refractivity (Wildman–Crippen MR) is 81.9 cm³/mol. The second kappa shape index (κ2) is 7.63. The van der Waals surface area contributed by atoms with E-state index in [0.29, 0.717) is 0 Å². The maximum Gasteiger partial charge on any atom is 0.145 e. The molecule has 2 rings (SSSR count). The van der Waals surface area contributed by atoms with E-state index >= 15 is 0 Å². The molecule has 0 saturated carbocycles. The van der Waals surface area contributed by atoms with Gasteiger partial charge in [-0.3, -0.25) is 4.98 Å². The monoisotopic (exact) mass is 274 g/mol. The van der Waals surface area contributed by atoms with E-state index in [0.717, 1.165) is 36.0 Å². The molecule has 0 aliphatic rings. The van der Waals surface area contributed by atoms with Crippen LogP contribution in [0.2, 0.25) is 0 Å². The van der Waals surface area contributed by atoms with Gasteiger partial charge >= 0.3 is 0 Å². The summed E-state index contributed by atoms with van der Waals surface area (Å²) in [6.45, 7) is 1.82. The molecule has 100 valence electrons. The van der Waals surface area contributed by atoms with Gasteiger partial charge in [-0.15, -0.1) is 11.8 Å². The third-order valence-electron chi connectivity index (χ3n) is 2.58. The molecule has 1 heterocycles. The second-order valence-corrected chi connectivity index (χ2v) is 4.85. The average molecular weight is 274 g/mol. The van der Waals surface area contributed by atoms with Crippen LogP contribution < -0.4 is 10.6 Å². The van der Waals surface area contributed by atoms with Crippen LogP contribution in [-0.2, 0) is 0 Å². The van der Waals surface area contributed by atoms with Gasteiger partial charge in [0, 0.05) is 18.8 Å². The largest absolute Gasteiger partial charge is 0.385 e. The number of rotatable bonds is 7. The van der Waals surface area contributed by atoms with Gasteiger partial charge in [0.05, 0.1) is 12.4 Å². The first-order chi connectivity index (χ1) is 9.38. The number of aromatic nitrogens is 2. The minimum Gasteiger partial charge on any atom is -0.385 e. The highest BCUT2D eigenvalue weighted by molar-refractivity contribution is 7.98. The predicted octanol–water partition coefficient (Wildman–Crippen LogP) is 3.11. The van der Waals surface area contributed by atoms with E-state index in [9.17, 15) is 0 Å². The Kier molecular flexibility index (Phi) is 5.49. The van der Waals surface area contributed by atoms with Crippen molar-refractivity contribution in [3.05, 3.63) is 42.7 Å². The van der Waals surface area contributed by atoms with E-state index in [1.165, 1.54) is 0 Å². The number of nitrogens with one attached hydrogen (secondary N) is 2. The highest BCUT2D eigenvalue weighted by Crippen LogP contribution is 2.11. The van der Waals surface area contributed by atoms with Gasteiger partial charge in [-0.05, 0) is 24.8 Å². The molecular weight excluding hydrogens is 256 g/mol. The minimum absolute atomic E-state index is 0.839. The molecule has 0 saturated heterocycles. The number of hydrogen-bond acceptors (Lipinski definition) is 5. The molecular formula is C14H18N4S. The number of hydrogen-bond donors (Lipinski definition) is 2. The van der Waals surface area contributed by atoms with Gasteiger partial charge in [0.15, 0.2) is 0 Å². The van der Waals surface area contributed by atoms with Gasteiger partial charge in [-0.1, -0.05) is 18.2 Å². The van der Waals surface area contributed by atoms with Crippen molar-refractivity contribution in [1.82, 2.24) is 9.97 Å². The Morgan fingerprint density at radius 2 is 1.84 bits per heavy atom. The zero-order chi connectivity index (χ0) is 13.3. The summed E-state index contributed by atoms with van der Waals surface area (Å²) in [4.78, 5) is 8.56. The highest BCUT2D eigenvalue weighted by atomic mass is 32.2. The summed E-state index contributed by atoms with van der Waals surface area (Å²) in [5.41, 5.74) is 1.16. The first-order valence-electron chi connectivity index (χ1n) is 6.27. The van der Waals surface area contributed by atoms with E-state index < -0.39 is 0 Å². The van der Waals surface area contributed by atoms with Crippen molar-refractivity contribution in [3.8, 4) is 0 Å². The summed E-state index contributed by atoms with van der Waals surface area (Å²) in [5, 5.41) is 7.59. The Morgan fingerprint density at radius 3 is 2.63 bits per heavy atom. The van der Waals surface area contributed by atoms with Crippen molar-refractivity contribution in [3.63, 3.8) is 0 Å². The molecule has 2 N–H and O–H groups in total. The molecule has 0 amide bonds. The van der Waals surface area contributed by atoms with Crippen molar-refractivity contribution in [2.75, 3.05) is 30.0 Å². The number of anilines is 2. The van der Waals surface area contributed by atoms with Gasteiger partial charge < -0.3 is 10.6 Å². The van der Waals surface area contributed by atoms with Crippen LogP contribution in [0.25, 0.3) is 0 Å². The zero-order valence-corrected chi connectivity index (χ0v) is 11.8. The molecule has 0 spiro atoms. The van der Waals surface area contributed by atoms with Crippen LogP contribution in [0.15, 0.2) is 47.8 Å². The maximum atomic E-state index is 4.42. The van der Waals surface area contributed by atoms with Crippen LogP contribution >= 0.6 is 11.8 Å². The van der Waals surface area contributed by atoms with Crippen LogP contribution in [0, 0.1) is 0 Å². The highest BCUT2D eigenvalue weighted by Gasteiger charge is 1.96. The van der Waals surface area contributed by atoms with Gasteiger partial charge in [0.1, 0.15) is 10.8 Å². The van der Waals surface area contributed by atoms with Crippen LogP contribution in [0.4, 0.5) is 11.5 Å². The molecule has 0 fully saturated rings. The molecule has 0 aliphatic carbocycles. The fourth-order valence-electron chi connectivity index (χ4n) is 1.63. The molecule has 1 aromatic carbocycles. The molecule has 0 unspecified atom stereocenters. The molecule has 0 aliphatic heterocycles. The van der Waals surface area contributed by atoms with Crippen LogP contribution in [0.3, 0.4) is 0 Å². The molecule has 5 heteroatoms. The number of para-hydroxylation sites is 1. The van der Waals surface area contributed by atoms with Crippen molar-refractivity contribution in [2.24, 2.45) is 0 Å². The minimum atomic E-state index is 0.839. The van der Waals surface area contributed by atoms with Crippen molar-refractivity contribution in [1.29, 1.82) is 0 Å². The molecule has 0 radical (unpaired) electrons. The van der Waals surface area contributed by atoms with E-state index in [1.807, 2.05) is 24.5 Å². The molecule has 1 aromatic heterocycles.